The molecule has 0 saturated carbocycles. The highest BCUT2D eigenvalue weighted by molar-refractivity contribution is 5.98. The molecule has 27 heavy (non-hydrogen) atoms. The minimum Gasteiger partial charge on any atom is -0.482 e. The molecule has 2 heterocycles. The standard InChI is InChI=1S/C22H22N2O3/c25-21(23-13-10-18(11-14-23)17-6-2-1-3-7-17)12-15-24-19-8-4-5-9-20(19)27-16-22(24)26/h1-10H,11-16H2. The lowest BCUT2D eigenvalue weighted by Crippen LogP contribution is -2.42. The molecule has 0 fully saturated rings. The summed E-state index contributed by atoms with van der Waals surface area (Å²) in [5, 5.41) is 0. The number of carbonyl (C=O) groups is 2. The molecular weight excluding hydrogens is 340 g/mol. The summed E-state index contributed by atoms with van der Waals surface area (Å²) in [6, 6.07) is 17.7. The van der Waals surface area contributed by atoms with E-state index in [1.165, 1.54) is 11.1 Å². The average Bonchev–Trinajstić information content (AvgIpc) is 2.73. The van der Waals surface area contributed by atoms with Gasteiger partial charge in [0.05, 0.1) is 5.69 Å². The lowest BCUT2D eigenvalue weighted by Gasteiger charge is -2.31. The Balaban J connectivity index is 1.37. The summed E-state index contributed by atoms with van der Waals surface area (Å²) in [6.07, 6.45) is 3.30. The molecule has 0 bridgehead atoms. The van der Waals surface area contributed by atoms with Crippen LogP contribution in [0.3, 0.4) is 0 Å². The van der Waals surface area contributed by atoms with Crippen molar-refractivity contribution in [2.24, 2.45) is 0 Å². The number of fused-ring (bicyclic) bond motifs is 1. The number of hydrogen-bond donors (Lipinski definition) is 0. The van der Waals surface area contributed by atoms with Gasteiger partial charge in [-0.1, -0.05) is 48.5 Å². The smallest absolute Gasteiger partial charge is 0.265 e. The van der Waals surface area contributed by atoms with Gasteiger partial charge in [-0.3, -0.25) is 9.59 Å². The number of amides is 2. The topological polar surface area (TPSA) is 49.9 Å². The fourth-order valence-corrected chi connectivity index (χ4v) is 3.57. The molecule has 0 atom stereocenters. The van der Waals surface area contributed by atoms with Gasteiger partial charge in [-0.05, 0) is 29.7 Å². The second-order valence-electron chi connectivity index (χ2n) is 6.74. The Morgan fingerprint density at radius 2 is 1.81 bits per heavy atom. The van der Waals surface area contributed by atoms with Crippen molar-refractivity contribution in [1.82, 2.24) is 4.90 Å². The van der Waals surface area contributed by atoms with Crippen LogP contribution in [0.25, 0.3) is 5.57 Å². The third-order valence-electron chi connectivity index (χ3n) is 5.06. The number of nitrogens with zero attached hydrogens (tertiary/aromatic N) is 2. The van der Waals surface area contributed by atoms with Crippen LogP contribution in [-0.2, 0) is 9.59 Å². The zero-order valence-corrected chi connectivity index (χ0v) is 15.1. The summed E-state index contributed by atoms with van der Waals surface area (Å²) < 4.78 is 5.45. The largest absolute Gasteiger partial charge is 0.482 e. The van der Waals surface area contributed by atoms with Crippen LogP contribution >= 0.6 is 0 Å². The van der Waals surface area contributed by atoms with Crippen LogP contribution in [0.2, 0.25) is 0 Å². The van der Waals surface area contributed by atoms with Crippen LogP contribution in [0.4, 0.5) is 5.69 Å². The van der Waals surface area contributed by atoms with Gasteiger partial charge in [0.2, 0.25) is 5.91 Å². The van der Waals surface area contributed by atoms with Gasteiger partial charge in [0.1, 0.15) is 5.75 Å². The van der Waals surface area contributed by atoms with Crippen molar-refractivity contribution >= 4 is 23.1 Å². The zero-order valence-electron chi connectivity index (χ0n) is 15.1. The summed E-state index contributed by atoms with van der Waals surface area (Å²) in [4.78, 5) is 28.4. The van der Waals surface area contributed by atoms with Gasteiger partial charge >= 0.3 is 0 Å². The van der Waals surface area contributed by atoms with Crippen molar-refractivity contribution in [3.63, 3.8) is 0 Å². The number of ether oxygens (including phenoxy) is 1. The predicted molar refractivity (Wildman–Crippen MR) is 105 cm³/mol. The Kier molecular flexibility index (Phi) is 4.92. The highest BCUT2D eigenvalue weighted by Gasteiger charge is 2.26. The lowest BCUT2D eigenvalue weighted by molar-refractivity contribution is -0.130. The van der Waals surface area contributed by atoms with E-state index in [-0.39, 0.29) is 18.4 Å². The average molecular weight is 362 g/mol. The fraction of sp³-hybridized carbons (Fsp3) is 0.273. The molecule has 0 aliphatic carbocycles. The second-order valence-corrected chi connectivity index (χ2v) is 6.74. The quantitative estimate of drug-likeness (QED) is 0.840. The van der Waals surface area contributed by atoms with Crippen LogP contribution in [0.15, 0.2) is 60.7 Å². The van der Waals surface area contributed by atoms with E-state index in [0.717, 1.165) is 12.1 Å². The first kappa shape index (κ1) is 17.3. The summed E-state index contributed by atoms with van der Waals surface area (Å²) in [5.41, 5.74) is 3.25. The maximum Gasteiger partial charge on any atom is 0.265 e. The highest BCUT2D eigenvalue weighted by atomic mass is 16.5. The van der Waals surface area contributed by atoms with Crippen LogP contribution in [0.1, 0.15) is 18.4 Å². The predicted octanol–water partition coefficient (Wildman–Crippen LogP) is 3.12. The van der Waals surface area contributed by atoms with Crippen LogP contribution in [0, 0.1) is 0 Å². The van der Waals surface area contributed by atoms with Gasteiger partial charge in [-0.15, -0.1) is 0 Å². The van der Waals surface area contributed by atoms with Crippen LogP contribution in [-0.4, -0.2) is 43.0 Å². The maximum absolute atomic E-state index is 12.6. The molecular formula is C22H22N2O3. The Labute approximate surface area is 158 Å². The van der Waals surface area contributed by atoms with Crippen molar-refractivity contribution < 1.29 is 14.3 Å². The van der Waals surface area contributed by atoms with E-state index in [1.807, 2.05) is 47.4 Å². The number of rotatable bonds is 4. The minimum absolute atomic E-state index is 0.0259. The monoisotopic (exact) mass is 362 g/mol. The maximum atomic E-state index is 12.6. The van der Waals surface area contributed by atoms with Crippen molar-refractivity contribution in [2.75, 3.05) is 31.1 Å². The molecule has 5 heteroatoms. The van der Waals surface area contributed by atoms with E-state index in [2.05, 4.69) is 18.2 Å². The molecule has 0 aromatic heterocycles. The molecule has 2 amide bonds. The molecule has 2 aromatic carbocycles. The van der Waals surface area contributed by atoms with Crippen molar-refractivity contribution in [2.45, 2.75) is 12.8 Å². The molecule has 0 spiro atoms. The van der Waals surface area contributed by atoms with Gasteiger partial charge < -0.3 is 14.5 Å². The van der Waals surface area contributed by atoms with Crippen LogP contribution < -0.4 is 9.64 Å². The third-order valence-corrected chi connectivity index (χ3v) is 5.06. The Morgan fingerprint density at radius 1 is 1.04 bits per heavy atom. The summed E-state index contributed by atoms with van der Waals surface area (Å²) >= 11 is 0. The third kappa shape index (κ3) is 3.72. The number of benzene rings is 2. The van der Waals surface area contributed by atoms with E-state index in [1.54, 1.807) is 4.90 Å². The lowest BCUT2D eigenvalue weighted by atomic mass is 9.99. The summed E-state index contributed by atoms with van der Waals surface area (Å²) in [7, 11) is 0. The first-order valence-electron chi connectivity index (χ1n) is 9.27. The Morgan fingerprint density at radius 3 is 2.59 bits per heavy atom. The number of hydrogen-bond acceptors (Lipinski definition) is 3. The van der Waals surface area contributed by atoms with Crippen molar-refractivity contribution in [1.29, 1.82) is 0 Å². The molecule has 2 aliphatic rings. The van der Waals surface area contributed by atoms with Gasteiger partial charge in [0, 0.05) is 26.1 Å². The molecule has 5 nitrogen and oxygen atoms in total. The number of para-hydroxylation sites is 2. The molecule has 0 unspecified atom stereocenters. The van der Waals surface area contributed by atoms with Gasteiger partial charge in [-0.25, -0.2) is 0 Å². The van der Waals surface area contributed by atoms with E-state index < -0.39 is 0 Å². The summed E-state index contributed by atoms with van der Waals surface area (Å²) in [5.74, 6) is 0.666. The number of anilines is 1. The minimum atomic E-state index is -0.105. The van der Waals surface area contributed by atoms with E-state index in [0.29, 0.717) is 31.8 Å². The molecule has 2 aliphatic heterocycles. The van der Waals surface area contributed by atoms with E-state index in [4.69, 9.17) is 4.74 Å². The molecule has 0 N–H and O–H groups in total. The Bertz CT molecular complexity index is 876. The zero-order chi connectivity index (χ0) is 18.6. The van der Waals surface area contributed by atoms with E-state index >= 15 is 0 Å². The molecule has 4 rings (SSSR count). The van der Waals surface area contributed by atoms with Gasteiger partial charge in [0.15, 0.2) is 6.61 Å². The first-order valence-corrected chi connectivity index (χ1v) is 9.27. The number of carbonyl (C=O) groups excluding carboxylic acids is 2. The molecule has 2 aromatic rings. The Hall–Kier alpha value is -3.08. The van der Waals surface area contributed by atoms with Gasteiger partial charge in [-0.2, -0.15) is 0 Å². The van der Waals surface area contributed by atoms with Crippen LogP contribution in [0.5, 0.6) is 5.75 Å². The van der Waals surface area contributed by atoms with Gasteiger partial charge in [0.25, 0.3) is 5.91 Å². The molecule has 0 saturated heterocycles. The molecule has 0 radical (unpaired) electrons. The first-order chi connectivity index (χ1) is 13.2. The SMILES string of the molecule is O=C(CCN1C(=O)COc2ccccc21)N1CC=C(c2ccccc2)CC1. The van der Waals surface area contributed by atoms with Crippen molar-refractivity contribution in [3.05, 3.63) is 66.2 Å². The second kappa shape index (κ2) is 7.66. The summed E-state index contributed by atoms with van der Waals surface area (Å²) in [6.45, 7) is 1.74. The highest BCUT2D eigenvalue weighted by Crippen LogP contribution is 2.31. The molecule has 138 valence electrons. The van der Waals surface area contributed by atoms with Crippen molar-refractivity contribution in [3.8, 4) is 5.75 Å². The van der Waals surface area contributed by atoms with E-state index in [9.17, 15) is 9.59 Å². The normalized spacial score (nSPS) is 16.4. The fourth-order valence-electron chi connectivity index (χ4n) is 3.57.